The van der Waals surface area contributed by atoms with Crippen LogP contribution < -0.4 is 19.9 Å². The van der Waals surface area contributed by atoms with Gasteiger partial charge in [0.15, 0.2) is 0 Å². The first-order chi connectivity index (χ1) is 14.7. The molecule has 0 bridgehead atoms. The van der Waals surface area contributed by atoms with E-state index in [2.05, 4.69) is 17.4 Å². The Kier molecular flexibility index (Phi) is 6.33. The number of quaternary nitrogens is 1. The Morgan fingerprint density at radius 2 is 1.90 bits per heavy atom. The quantitative estimate of drug-likeness (QED) is 0.736. The van der Waals surface area contributed by atoms with Gasteiger partial charge in [-0.1, -0.05) is 6.07 Å². The molecule has 1 atom stereocenters. The number of methoxy groups -OCH3 is 1. The van der Waals surface area contributed by atoms with Gasteiger partial charge in [-0.3, -0.25) is 9.59 Å². The van der Waals surface area contributed by atoms with Crippen LogP contribution in [0.15, 0.2) is 48.5 Å². The van der Waals surface area contributed by atoms with Crippen molar-refractivity contribution in [1.29, 1.82) is 0 Å². The lowest BCUT2D eigenvalue weighted by atomic mass is 10.0. The van der Waals surface area contributed by atoms with Crippen molar-refractivity contribution in [1.82, 2.24) is 5.32 Å². The minimum absolute atomic E-state index is 0.0967. The average molecular weight is 409 g/mol. The highest BCUT2D eigenvalue weighted by Gasteiger charge is 2.28. The second-order valence-electron chi connectivity index (χ2n) is 8.10. The number of likely N-dealkylation sites (tertiary alicyclic amines) is 1. The largest absolute Gasteiger partial charge is 0.497 e. The summed E-state index contributed by atoms with van der Waals surface area (Å²) in [6, 6.07) is 15.8. The molecule has 0 spiro atoms. The predicted molar refractivity (Wildman–Crippen MR) is 116 cm³/mol. The number of ether oxygens (including phenoxy) is 1. The number of nitrogens with one attached hydrogen (secondary N) is 2. The molecule has 0 aliphatic carbocycles. The van der Waals surface area contributed by atoms with Gasteiger partial charge in [0, 0.05) is 42.6 Å². The van der Waals surface area contributed by atoms with Gasteiger partial charge < -0.3 is 19.9 Å². The molecule has 4 rings (SSSR count). The normalized spacial score (nSPS) is 17.9. The van der Waals surface area contributed by atoms with Gasteiger partial charge in [0.05, 0.1) is 26.7 Å². The second-order valence-corrected chi connectivity index (χ2v) is 8.10. The maximum atomic E-state index is 12.9. The summed E-state index contributed by atoms with van der Waals surface area (Å²) in [7, 11) is 1.67. The molecule has 2 fully saturated rings. The van der Waals surface area contributed by atoms with Crippen molar-refractivity contribution < 1.29 is 19.2 Å². The summed E-state index contributed by atoms with van der Waals surface area (Å²) in [6.07, 6.45) is 3.90. The van der Waals surface area contributed by atoms with E-state index in [1.165, 1.54) is 23.3 Å². The number of benzene rings is 2. The molecule has 6 heteroatoms. The maximum absolute atomic E-state index is 12.9. The molecule has 2 amide bonds. The van der Waals surface area contributed by atoms with E-state index in [1.54, 1.807) is 12.0 Å². The van der Waals surface area contributed by atoms with E-state index < -0.39 is 0 Å². The zero-order valence-corrected chi connectivity index (χ0v) is 17.5. The molecule has 2 aromatic rings. The van der Waals surface area contributed by atoms with Gasteiger partial charge in [-0.05, 0) is 48.9 Å². The third-order valence-corrected chi connectivity index (χ3v) is 6.22. The molecular weight excluding hydrogens is 378 g/mol. The van der Waals surface area contributed by atoms with Crippen molar-refractivity contribution in [2.75, 3.05) is 38.2 Å². The molecule has 2 aliphatic rings. The van der Waals surface area contributed by atoms with Gasteiger partial charge >= 0.3 is 0 Å². The van der Waals surface area contributed by atoms with Crippen molar-refractivity contribution in [2.45, 2.75) is 31.7 Å². The fraction of sp³-hybridized carbons (Fsp3) is 0.417. The lowest BCUT2D eigenvalue weighted by Gasteiger charge is -2.25. The monoisotopic (exact) mass is 408 g/mol. The predicted octanol–water partition coefficient (Wildman–Crippen LogP) is 1.97. The molecule has 0 radical (unpaired) electrons. The fourth-order valence-electron chi connectivity index (χ4n) is 4.54. The van der Waals surface area contributed by atoms with Gasteiger partial charge in [-0.15, -0.1) is 0 Å². The summed E-state index contributed by atoms with van der Waals surface area (Å²) in [4.78, 5) is 28.2. The van der Waals surface area contributed by atoms with E-state index in [0.717, 1.165) is 37.5 Å². The Morgan fingerprint density at radius 1 is 1.13 bits per heavy atom. The van der Waals surface area contributed by atoms with Crippen LogP contribution in [0.25, 0.3) is 0 Å². The minimum Gasteiger partial charge on any atom is -0.497 e. The van der Waals surface area contributed by atoms with Crippen LogP contribution in [0.5, 0.6) is 5.75 Å². The van der Waals surface area contributed by atoms with Gasteiger partial charge in [0.2, 0.25) is 5.91 Å². The van der Waals surface area contributed by atoms with E-state index >= 15 is 0 Å². The number of rotatable bonds is 7. The molecule has 2 N–H and O–H groups in total. The van der Waals surface area contributed by atoms with E-state index in [4.69, 9.17) is 4.74 Å². The zero-order valence-electron chi connectivity index (χ0n) is 17.5. The third-order valence-electron chi connectivity index (χ3n) is 6.22. The van der Waals surface area contributed by atoms with Crippen molar-refractivity contribution in [3.63, 3.8) is 0 Å². The highest BCUT2D eigenvalue weighted by molar-refractivity contribution is 5.99. The molecule has 6 nitrogen and oxygen atoms in total. The van der Waals surface area contributed by atoms with Crippen molar-refractivity contribution in [3.05, 3.63) is 59.7 Å². The first-order valence-corrected chi connectivity index (χ1v) is 10.8. The standard InChI is InChI=1S/C24H29N3O3/c1-30-21-11-9-18(10-12-21)22(26-13-2-3-14-26)17-25-24(29)19-6-4-7-20(16-19)27-15-5-8-23(27)28/h4,6-7,9-12,16,22H,2-3,5,8,13-15,17H2,1H3,(H,25,29)/p+1/t22-/m1/s1. The number of hydrogen-bond acceptors (Lipinski definition) is 3. The number of amides is 2. The smallest absolute Gasteiger partial charge is 0.251 e. The molecule has 30 heavy (non-hydrogen) atoms. The highest BCUT2D eigenvalue weighted by atomic mass is 16.5. The van der Waals surface area contributed by atoms with Crippen molar-refractivity contribution in [3.8, 4) is 5.75 Å². The van der Waals surface area contributed by atoms with Crippen molar-refractivity contribution >= 4 is 17.5 Å². The number of anilines is 1. The summed E-state index contributed by atoms with van der Waals surface area (Å²) < 4.78 is 5.29. The van der Waals surface area contributed by atoms with E-state index in [-0.39, 0.29) is 17.9 Å². The fourth-order valence-corrected chi connectivity index (χ4v) is 4.54. The van der Waals surface area contributed by atoms with Crippen LogP contribution in [0.3, 0.4) is 0 Å². The summed E-state index contributed by atoms with van der Waals surface area (Å²) in [5, 5.41) is 3.14. The number of nitrogens with zero attached hydrogens (tertiary/aromatic N) is 1. The van der Waals surface area contributed by atoms with E-state index in [0.29, 0.717) is 18.5 Å². The lowest BCUT2D eigenvalue weighted by Crippen LogP contribution is -3.11. The SMILES string of the molecule is COc1ccc([C@@H](CNC(=O)c2cccc(N3CCCC3=O)c2)[NH+]2CCCC2)cc1. The lowest BCUT2D eigenvalue weighted by molar-refractivity contribution is -0.918. The van der Waals surface area contributed by atoms with Crippen molar-refractivity contribution in [2.24, 2.45) is 0 Å². The molecule has 2 aliphatic heterocycles. The first-order valence-electron chi connectivity index (χ1n) is 10.8. The molecule has 0 unspecified atom stereocenters. The Hall–Kier alpha value is -2.86. The number of carbonyl (C=O) groups excluding carboxylic acids is 2. The number of carbonyl (C=O) groups is 2. The van der Waals surface area contributed by atoms with Gasteiger partial charge in [0.1, 0.15) is 11.8 Å². The number of hydrogen-bond donors (Lipinski definition) is 2. The Morgan fingerprint density at radius 3 is 2.57 bits per heavy atom. The minimum atomic E-state index is -0.0967. The molecular formula is C24H30N3O3+. The van der Waals surface area contributed by atoms with Crippen LogP contribution in [0, 0.1) is 0 Å². The van der Waals surface area contributed by atoms with Gasteiger partial charge in [-0.2, -0.15) is 0 Å². The van der Waals surface area contributed by atoms with Crippen LogP contribution >= 0.6 is 0 Å². The Bertz CT molecular complexity index is 891. The molecule has 0 saturated carbocycles. The van der Waals surface area contributed by atoms with Crippen LogP contribution in [-0.2, 0) is 4.79 Å². The summed E-state index contributed by atoms with van der Waals surface area (Å²) >= 11 is 0. The van der Waals surface area contributed by atoms with Crippen LogP contribution in [0.4, 0.5) is 5.69 Å². The van der Waals surface area contributed by atoms with Gasteiger partial charge in [-0.25, -0.2) is 0 Å². The van der Waals surface area contributed by atoms with Crippen LogP contribution in [-0.4, -0.2) is 45.1 Å². The van der Waals surface area contributed by atoms with Gasteiger partial charge in [0.25, 0.3) is 5.91 Å². The summed E-state index contributed by atoms with van der Waals surface area (Å²) in [6.45, 7) is 3.55. The summed E-state index contributed by atoms with van der Waals surface area (Å²) in [5.41, 5.74) is 2.61. The van der Waals surface area contributed by atoms with Crippen LogP contribution in [0.2, 0.25) is 0 Å². The topological polar surface area (TPSA) is 63.1 Å². The first kappa shape index (κ1) is 20.4. The van der Waals surface area contributed by atoms with E-state index in [9.17, 15) is 9.59 Å². The van der Waals surface area contributed by atoms with E-state index in [1.807, 2.05) is 36.4 Å². The Balaban J connectivity index is 1.46. The molecule has 2 aromatic carbocycles. The second kappa shape index (κ2) is 9.30. The highest BCUT2D eigenvalue weighted by Crippen LogP contribution is 2.22. The third kappa shape index (κ3) is 4.49. The summed E-state index contributed by atoms with van der Waals surface area (Å²) in [5.74, 6) is 0.872. The molecule has 158 valence electrons. The maximum Gasteiger partial charge on any atom is 0.251 e. The molecule has 2 saturated heterocycles. The average Bonchev–Trinajstić information content (AvgIpc) is 3.46. The van der Waals surface area contributed by atoms with Crippen LogP contribution in [0.1, 0.15) is 47.6 Å². The Labute approximate surface area is 177 Å². The molecule has 0 aromatic heterocycles. The zero-order chi connectivity index (χ0) is 20.9. The molecule has 2 heterocycles.